The predicted octanol–water partition coefficient (Wildman–Crippen LogP) is 4.24. The highest BCUT2D eigenvalue weighted by molar-refractivity contribution is 5.36. The first kappa shape index (κ1) is 17.4. The zero-order chi connectivity index (χ0) is 18.0. The highest BCUT2D eigenvalue weighted by Crippen LogP contribution is 2.23. The van der Waals surface area contributed by atoms with E-state index in [2.05, 4.69) is 58.1 Å². The summed E-state index contributed by atoms with van der Waals surface area (Å²) in [5.41, 5.74) is 4.60. The molecule has 3 rings (SSSR count). The zero-order valence-electron chi connectivity index (χ0n) is 15.6. The lowest BCUT2D eigenvalue weighted by molar-refractivity contribution is 0.391. The molecule has 0 aliphatic rings. The normalized spacial score (nSPS) is 13.8. The molecule has 0 radical (unpaired) electrons. The van der Waals surface area contributed by atoms with Gasteiger partial charge in [0.2, 0.25) is 0 Å². The summed E-state index contributed by atoms with van der Waals surface area (Å²) < 4.78 is 7.37. The lowest BCUT2D eigenvalue weighted by Crippen LogP contribution is -2.24. The molecule has 0 saturated heterocycles. The summed E-state index contributed by atoms with van der Waals surface area (Å²) in [6.07, 6.45) is 3.81. The molecule has 1 N–H and O–H groups in total. The first-order valence-electron chi connectivity index (χ1n) is 8.73. The lowest BCUT2D eigenvalue weighted by atomic mass is 9.98. The van der Waals surface area contributed by atoms with E-state index in [-0.39, 0.29) is 6.04 Å². The van der Waals surface area contributed by atoms with E-state index in [0.717, 1.165) is 29.5 Å². The number of nitrogens with one attached hydrogen (secondary N) is 1. The number of aryl methyl sites for hydroxylation is 3. The van der Waals surface area contributed by atoms with Crippen LogP contribution in [0.2, 0.25) is 0 Å². The Hall–Kier alpha value is -2.40. The van der Waals surface area contributed by atoms with Crippen LogP contribution in [0.15, 0.2) is 41.2 Å². The Morgan fingerprint density at radius 3 is 2.40 bits per heavy atom. The molecule has 2 aromatic heterocycles. The van der Waals surface area contributed by atoms with Crippen LogP contribution in [0.3, 0.4) is 0 Å². The Bertz CT molecular complexity index is 812. The number of benzene rings is 1. The molecule has 0 saturated carbocycles. The van der Waals surface area contributed by atoms with E-state index >= 15 is 0 Å². The number of nitrogens with zero attached hydrogens (tertiary/aromatic N) is 3. The molecule has 0 bridgehead atoms. The maximum atomic E-state index is 5.28. The van der Waals surface area contributed by atoms with Crippen molar-refractivity contribution in [3.05, 3.63) is 65.1 Å². The Labute approximate surface area is 149 Å². The molecule has 0 amide bonds. The number of imidazole rings is 1. The van der Waals surface area contributed by atoms with Crippen LogP contribution in [-0.4, -0.2) is 21.3 Å². The average molecular weight is 338 g/mol. The Kier molecular flexibility index (Phi) is 5.04. The molecule has 3 aromatic rings. The first-order valence-corrected chi connectivity index (χ1v) is 8.73. The summed E-state index contributed by atoms with van der Waals surface area (Å²) in [4.78, 5) is 4.28. The molecule has 5 nitrogen and oxygen atoms in total. The van der Waals surface area contributed by atoms with Crippen LogP contribution in [0, 0.1) is 20.8 Å². The summed E-state index contributed by atoms with van der Waals surface area (Å²) >= 11 is 0. The molecule has 0 aliphatic heterocycles. The maximum absolute atomic E-state index is 5.28. The number of hydrogen-bond donors (Lipinski definition) is 1. The van der Waals surface area contributed by atoms with E-state index in [1.165, 1.54) is 11.1 Å². The third kappa shape index (κ3) is 3.66. The Balaban J connectivity index is 1.63. The predicted molar refractivity (Wildman–Crippen MR) is 99.1 cm³/mol. The third-order valence-corrected chi connectivity index (χ3v) is 4.81. The second kappa shape index (κ2) is 7.23. The summed E-state index contributed by atoms with van der Waals surface area (Å²) in [6, 6.07) is 8.90. The highest BCUT2D eigenvalue weighted by atomic mass is 16.5. The van der Waals surface area contributed by atoms with Gasteiger partial charge in [-0.3, -0.25) is 0 Å². The van der Waals surface area contributed by atoms with Gasteiger partial charge in [0.1, 0.15) is 11.6 Å². The molecule has 132 valence electrons. The van der Waals surface area contributed by atoms with Crippen molar-refractivity contribution in [2.24, 2.45) is 0 Å². The number of hydrogen-bond acceptors (Lipinski definition) is 4. The fourth-order valence-electron chi connectivity index (χ4n) is 3.34. The molecule has 0 unspecified atom stereocenters. The van der Waals surface area contributed by atoms with E-state index in [1.54, 1.807) is 0 Å². The van der Waals surface area contributed by atoms with Gasteiger partial charge >= 0.3 is 0 Å². The fraction of sp³-hybridized carbons (Fsp3) is 0.400. The second-order valence-corrected chi connectivity index (χ2v) is 6.70. The standard InChI is InChI=1S/C20H26N4O/c1-13(20-15(3)23-25-16(20)4)12-22-14(2)18-6-8-19(9-7-18)24-11-10-21-17(24)5/h6-11,13-14,22H,12H2,1-5H3/t13-,14+/m1/s1. The lowest BCUT2D eigenvalue weighted by Gasteiger charge is -2.18. The third-order valence-electron chi connectivity index (χ3n) is 4.81. The molecule has 0 spiro atoms. The summed E-state index contributed by atoms with van der Waals surface area (Å²) in [5, 5.41) is 7.67. The quantitative estimate of drug-likeness (QED) is 0.730. The molecule has 0 fully saturated rings. The molecule has 2 heterocycles. The molecular weight excluding hydrogens is 312 g/mol. The van der Waals surface area contributed by atoms with Crippen molar-refractivity contribution in [2.45, 2.75) is 46.6 Å². The zero-order valence-corrected chi connectivity index (χ0v) is 15.6. The van der Waals surface area contributed by atoms with Crippen LogP contribution >= 0.6 is 0 Å². The van der Waals surface area contributed by atoms with Gasteiger partial charge in [0.15, 0.2) is 0 Å². The Morgan fingerprint density at radius 1 is 1.12 bits per heavy atom. The second-order valence-electron chi connectivity index (χ2n) is 6.70. The molecule has 25 heavy (non-hydrogen) atoms. The van der Waals surface area contributed by atoms with E-state index < -0.39 is 0 Å². The molecular formula is C20H26N4O. The van der Waals surface area contributed by atoms with Crippen LogP contribution in [0.4, 0.5) is 0 Å². The molecule has 1 aromatic carbocycles. The Morgan fingerprint density at radius 2 is 1.84 bits per heavy atom. The van der Waals surface area contributed by atoms with Crippen LogP contribution in [0.1, 0.15) is 54.2 Å². The van der Waals surface area contributed by atoms with E-state index in [0.29, 0.717) is 5.92 Å². The van der Waals surface area contributed by atoms with Gasteiger partial charge in [0.25, 0.3) is 0 Å². The molecule has 5 heteroatoms. The minimum Gasteiger partial charge on any atom is -0.361 e. The number of rotatable bonds is 6. The first-order chi connectivity index (χ1) is 12.0. The van der Waals surface area contributed by atoms with Crippen LogP contribution in [-0.2, 0) is 0 Å². The molecule has 0 aliphatic carbocycles. The summed E-state index contributed by atoms with van der Waals surface area (Å²) in [7, 11) is 0. The van der Waals surface area contributed by atoms with Crippen LogP contribution in [0.25, 0.3) is 5.69 Å². The van der Waals surface area contributed by atoms with Crippen molar-refractivity contribution in [1.82, 2.24) is 20.0 Å². The van der Waals surface area contributed by atoms with Crippen molar-refractivity contribution in [3.63, 3.8) is 0 Å². The van der Waals surface area contributed by atoms with Gasteiger partial charge in [-0.05, 0) is 51.3 Å². The smallest absolute Gasteiger partial charge is 0.137 e. The van der Waals surface area contributed by atoms with Gasteiger partial charge in [-0.1, -0.05) is 24.2 Å². The summed E-state index contributed by atoms with van der Waals surface area (Å²) in [5.74, 6) is 2.27. The van der Waals surface area contributed by atoms with E-state index in [4.69, 9.17) is 4.52 Å². The van der Waals surface area contributed by atoms with Crippen molar-refractivity contribution < 1.29 is 4.52 Å². The minimum atomic E-state index is 0.279. The van der Waals surface area contributed by atoms with Crippen molar-refractivity contribution >= 4 is 0 Å². The minimum absolute atomic E-state index is 0.279. The van der Waals surface area contributed by atoms with Gasteiger partial charge in [-0.2, -0.15) is 0 Å². The van der Waals surface area contributed by atoms with E-state index in [9.17, 15) is 0 Å². The van der Waals surface area contributed by atoms with Crippen LogP contribution in [0.5, 0.6) is 0 Å². The monoisotopic (exact) mass is 338 g/mol. The van der Waals surface area contributed by atoms with Gasteiger partial charge in [-0.25, -0.2) is 4.98 Å². The van der Waals surface area contributed by atoms with Gasteiger partial charge in [0, 0.05) is 36.2 Å². The van der Waals surface area contributed by atoms with Crippen molar-refractivity contribution in [1.29, 1.82) is 0 Å². The van der Waals surface area contributed by atoms with E-state index in [1.807, 2.05) is 33.2 Å². The topological polar surface area (TPSA) is 55.9 Å². The maximum Gasteiger partial charge on any atom is 0.137 e. The SMILES string of the molecule is Cc1noc(C)c1[C@H](C)CN[C@@H](C)c1ccc(-n2ccnc2C)cc1. The molecule has 2 atom stereocenters. The van der Waals surface area contributed by atoms with Gasteiger partial charge < -0.3 is 14.4 Å². The van der Waals surface area contributed by atoms with Crippen molar-refractivity contribution in [2.75, 3.05) is 6.54 Å². The van der Waals surface area contributed by atoms with Gasteiger partial charge in [-0.15, -0.1) is 0 Å². The van der Waals surface area contributed by atoms with Crippen LogP contribution < -0.4 is 5.32 Å². The number of aromatic nitrogens is 3. The van der Waals surface area contributed by atoms with Crippen molar-refractivity contribution in [3.8, 4) is 5.69 Å². The van der Waals surface area contributed by atoms with Gasteiger partial charge in [0.05, 0.1) is 5.69 Å². The largest absolute Gasteiger partial charge is 0.361 e. The summed E-state index contributed by atoms with van der Waals surface area (Å²) in [6.45, 7) is 11.3. The highest BCUT2D eigenvalue weighted by Gasteiger charge is 2.17. The fourth-order valence-corrected chi connectivity index (χ4v) is 3.34. The average Bonchev–Trinajstić information content (AvgIpc) is 3.18.